The summed E-state index contributed by atoms with van der Waals surface area (Å²) in [5.41, 5.74) is 2.80. The Morgan fingerprint density at radius 3 is 2.35 bits per heavy atom. The number of aromatic nitrogens is 2. The lowest BCUT2D eigenvalue weighted by Crippen LogP contribution is -2.19. The Morgan fingerprint density at radius 1 is 1.20 bits per heavy atom. The van der Waals surface area contributed by atoms with Gasteiger partial charge in [0.2, 0.25) is 0 Å². The molecule has 0 saturated heterocycles. The summed E-state index contributed by atoms with van der Waals surface area (Å²) in [5, 5.41) is 9.63. The van der Waals surface area contributed by atoms with Crippen LogP contribution in [0.3, 0.4) is 0 Å². The number of hydrogen-bond acceptors (Lipinski definition) is 3. The van der Waals surface area contributed by atoms with Crippen molar-refractivity contribution in [1.82, 2.24) is 9.78 Å². The van der Waals surface area contributed by atoms with Crippen LogP contribution in [-0.2, 0) is 7.05 Å². The van der Waals surface area contributed by atoms with E-state index in [4.69, 9.17) is 0 Å². The van der Waals surface area contributed by atoms with E-state index in [1.165, 1.54) is 0 Å². The normalized spacial score (nSPS) is 10.2. The average molecular weight is 273 g/mol. The highest BCUT2D eigenvalue weighted by Gasteiger charge is 2.06. The van der Waals surface area contributed by atoms with Gasteiger partial charge in [-0.3, -0.25) is 10.00 Å². The maximum atomic E-state index is 11.8. The summed E-state index contributed by atoms with van der Waals surface area (Å²) < 4.78 is 1.71. The first-order chi connectivity index (χ1) is 9.45. The fourth-order valence-corrected chi connectivity index (χ4v) is 1.74. The number of anilines is 3. The lowest BCUT2D eigenvalue weighted by Gasteiger charge is -2.13. The van der Waals surface area contributed by atoms with Gasteiger partial charge in [-0.2, -0.15) is 5.10 Å². The molecule has 0 aliphatic heterocycles. The van der Waals surface area contributed by atoms with Gasteiger partial charge < -0.3 is 10.2 Å². The van der Waals surface area contributed by atoms with Crippen LogP contribution in [-0.4, -0.2) is 29.9 Å². The lowest BCUT2D eigenvalue weighted by molar-refractivity contribution is 0.262. The molecule has 6 nitrogen and oxygen atoms in total. The van der Waals surface area contributed by atoms with E-state index in [2.05, 4.69) is 15.7 Å². The molecule has 0 spiro atoms. The van der Waals surface area contributed by atoms with E-state index in [0.29, 0.717) is 5.82 Å². The van der Waals surface area contributed by atoms with Crippen LogP contribution in [0, 0.1) is 6.92 Å². The Balaban J connectivity index is 1.97. The van der Waals surface area contributed by atoms with Gasteiger partial charge in [0, 0.05) is 44.3 Å². The second-order valence-corrected chi connectivity index (χ2v) is 4.81. The van der Waals surface area contributed by atoms with Crippen LogP contribution in [0.5, 0.6) is 0 Å². The first-order valence-electron chi connectivity index (χ1n) is 6.32. The smallest absolute Gasteiger partial charge is 0.324 e. The average Bonchev–Trinajstić information content (AvgIpc) is 2.68. The van der Waals surface area contributed by atoms with Gasteiger partial charge in [-0.1, -0.05) is 0 Å². The summed E-state index contributed by atoms with van der Waals surface area (Å²) in [5.74, 6) is 0.535. The minimum atomic E-state index is -0.305. The minimum Gasteiger partial charge on any atom is -0.378 e. The van der Waals surface area contributed by atoms with Crippen molar-refractivity contribution in [3.63, 3.8) is 0 Å². The summed E-state index contributed by atoms with van der Waals surface area (Å²) in [7, 11) is 5.77. The molecule has 106 valence electrons. The fraction of sp³-hybridized carbons (Fsp3) is 0.286. The fourth-order valence-electron chi connectivity index (χ4n) is 1.74. The zero-order chi connectivity index (χ0) is 14.7. The molecule has 1 aromatic carbocycles. The number of urea groups is 1. The number of aryl methyl sites for hydroxylation is 2. The summed E-state index contributed by atoms with van der Waals surface area (Å²) >= 11 is 0. The van der Waals surface area contributed by atoms with Crippen molar-refractivity contribution >= 4 is 23.2 Å². The third-order valence-corrected chi connectivity index (χ3v) is 3.00. The van der Waals surface area contributed by atoms with Gasteiger partial charge in [-0.25, -0.2) is 4.79 Å². The molecule has 2 N–H and O–H groups in total. The second-order valence-electron chi connectivity index (χ2n) is 4.81. The largest absolute Gasteiger partial charge is 0.378 e. The summed E-state index contributed by atoms with van der Waals surface area (Å²) in [6.45, 7) is 1.93. The Labute approximate surface area is 118 Å². The van der Waals surface area contributed by atoms with Crippen molar-refractivity contribution in [3.8, 4) is 0 Å². The van der Waals surface area contributed by atoms with Crippen LogP contribution in [0.4, 0.5) is 22.0 Å². The molecule has 1 heterocycles. The van der Waals surface area contributed by atoms with Crippen molar-refractivity contribution in [3.05, 3.63) is 36.0 Å². The van der Waals surface area contributed by atoms with E-state index in [1.54, 1.807) is 4.68 Å². The predicted octanol–water partition coefficient (Wildman–Crippen LogP) is 2.44. The third kappa shape index (κ3) is 3.28. The van der Waals surface area contributed by atoms with Crippen molar-refractivity contribution in [2.45, 2.75) is 6.92 Å². The number of nitrogens with one attached hydrogen (secondary N) is 2. The van der Waals surface area contributed by atoms with Crippen LogP contribution in [0.15, 0.2) is 30.3 Å². The maximum Gasteiger partial charge on any atom is 0.324 e. The van der Waals surface area contributed by atoms with E-state index in [9.17, 15) is 4.79 Å². The van der Waals surface area contributed by atoms with Crippen molar-refractivity contribution in [2.75, 3.05) is 29.6 Å². The zero-order valence-electron chi connectivity index (χ0n) is 12.1. The number of carbonyl (C=O) groups excluding carboxylic acids is 1. The Bertz CT molecular complexity index is 581. The van der Waals surface area contributed by atoms with Gasteiger partial charge in [0.1, 0.15) is 0 Å². The van der Waals surface area contributed by atoms with Gasteiger partial charge in [-0.15, -0.1) is 0 Å². The highest BCUT2D eigenvalue weighted by molar-refractivity contribution is 5.99. The van der Waals surface area contributed by atoms with Crippen LogP contribution in [0.2, 0.25) is 0 Å². The van der Waals surface area contributed by atoms with Crippen molar-refractivity contribution < 1.29 is 4.79 Å². The minimum absolute atomic E-state index is 0.305. The number of benzene rings is 1. The number of rotatable bonds is 3. The summed E-state index contributed by atoms with van der Waals surface area (Å²) in [6, 6.07) is 9.12. The monoisotopic (exact) mass is 273 g/mol. The predicted molar refractivity (Wildman–Crippen MR) is 81.4 cm³/mol. The van der Waals surface area contributed by atoms with Gasteiger partial charge in [0.15, 0.2) is 5.82 Å². The highest BCUT2D eigenvalue weighted by atomic mass is 16.2. The molecule has 2 amide bonds. The molecule has 0 bridgehead atoms. The zero-order valence-corrected chi connectivity index (χ0v) is 12.1. The van der Waals surface area contributed by atoms with Crippen LogP contribution < -0.4 is 15.5 Å². The van der Waals surface area contributed by atoms with Crippen LogP contribution >= 0.6 is 0 Å². The molecule has 0 atom stereocenters. The quantitative estimate of drug-likeness (QED) is 0.903. The second kappa shape index (κ2) is 5.64. The number of carbonyl (C=O) groups is 1. The molecular formula is C14H19N5O. The highest BCUT2D eigenvalue weighted by Crippen LogP contribution is 2.16. The molecule has 0 saturated carbocycles. The molecule has 20 heavy (non-hydrogen) atoms. The molecule has 2 rings (SSSR count). The number of hydrogen-bond donors (Lipinski definition) is 2. The number of nitrogens with zero attached hydrogens (tertiary/aromatic N) is 3. The SMILES string of the molecule is Cc1cc(NC(=O)Nc2ccc(N(C)C)cc2)nn1C. The first kappa shape index (κ1) is 13.9. The standard InChI is InChI=1S/C14H19N5O/c1-10-9-13(17-19(10)4)16-14(20)15-11-5-7-12(8-6-11)18(2)3/h5-9H,1-4H3,(H2,15,16,17,20). The Morgan fingerprint density at radius 2 is 1.85 bits per heavy atom. The molecule has 0 fully saturated rings. The molecule has 6 heteroatoms. The van der Waals surface area contributed by atoms with E-state index in [1.807, 2.05) is 63.3 Å². The van der Waals surface area contributed by atoms with Gasteiger partial charge in [0.25, 0.3) is 0 Å². The van der Waals surface area contributed by atoms with Crippen LogP contribution in [0.25, 0.3) is 0 Å². The summed E-state index contributed by atoms with van der Waals surface area (Å²) in [4.78, 5) is 13.8. The van der Waals surface area contributed by atoms with E-state index >= 15 is 0 Å². The van der Waals surface area contributed by atoms with Gasteiger partial charge in [0.05, 0.1) is 0 Å². The maximum absolute atomic E-state index is 11.8. The van der Waals surface area contributed by atoms with Gasteiger partial charge >= 0.3 is 6.03 Å². The molecule has 0 aliphatic rings. The van der Waals surface area contributed by atoms with Crippen LogP contribution in [0.1, 0.15) is 5.69 Å². The number of amides is 2. The third-order valence-electron chi connectivity index (χ3n) is 3.00. The van der Waals surface area contributed by atoms with Gasteiger partial charge in [-0.05, 0) is 31.2 Å². The Hall–Kier alpha value is -2.50. The van der Waals surface area contributed by atoms with Crippen molar-refractivity contribution in [2.24, 2.45) is 7.05 Å². The lowest BCUT2D eigenvalue weighted by atomic mass is 10.2. The molecule has 0 aliphatic carbocycles. The molecule has 0 unspecified atom stereocenters. The topological polar surface area (TPSA) is 62.2 Å². The molecular weight excluding hydrogens is 254 g/mol. The van der Waals surface area contributed by atoms with Crippen molar-refractivity contribution in [1.29, 1.82) is 0 Å². The molecule has 2 aromatic rings. The van der Waals surface area contributed by atoms with E-state index in [0.717, 1.165) is 17.1 Å². The Kier molecular flexibility index (Phi) is 3.93. The first-order valence-corrected chi connectivity index (χ1v) is 6.32. The van der Waals surface area contributed by atoms with E-state index < -0.39 is 0 Å². The van der Waals surface area contributed by atoms with E-state index in [-0.39, 0.29) is 6.03 Å². The molecule has 1 aromatic heterocycles. The molecule has 0 radical (unpaired) electrons. The summed E-state index contributed by atoms with van der Waals surface area (Å²) in [6.07, 6.45) is 0.